The molecule has 1 aliphatic heterocycles. The van der Waals surface area contributed by atoms with Crippen molar-refractivity contribution < 1.29 is 9.18 Å². The fourth-order valence-electron chi connectivity index (χ4n) is 2.52. The molecule has 0 bridgehead atoms. The number of hydrazine groups is 1. The molecule has 0 spiro atoms. The number of hydrogen-bond acceptors (Lipinski definition) is 2. The lowest BCUT2D eigenvalue weighted by Crippen LogP contribution is -2.46. The topological polar surface area (TPSA) is 44.4 Å². The van der Waals surface area contributed by atoms with Gasteiger partial charge in [0.25, 0.3) is 0 Å². The number of amides is 2. The minimum atomic E-state index is -0.328. The van der Waals surface area contributed by atoms with Gasteiger partial charge in [0.2, 0.25) is 0 Å². The molecule has 1 aliphatic rings. The molecule has 0 fully saturated rings. The van der Waals surface area contributed by atoms with E-state index in [1.807, 2.05) is 23.2 Å². The van der Waals surface area contributed by atoms with Gasteiger partial charge in [-0.1, -0.05) is 36.4 Å². The van der Waals surface area contributed by atoms with Gasteiger partial charge in [0.05, 0.1) is 0 Å². The molecule has 2 amide bonds. The average Bonchev–Trinajstić information content (AvgIpc) is 2.58. The summed E-state index contributed by atoms with van der Waals surface area (Å²) in [6, 6.07) is 15.6. The van der Waals surface area contributed by atoms with Gasteiger partial charge in [-0.2, -0.15) is 0 Å². The smallest absolute Gasteiger partial charge is 0.307 e. The number of carbonyl (C=O) groups is 1. The van der Waals surface area contributed by atoms with Crippen LogP contribution < -0.4 is 10.7 Å². The van der Waals surface area contributed by atoms with Crippen molar-refractivity contribution in [2.45, 2.75) is 6.42 Å². The number of urea groups is 1. The lowest BCUT2D eigenvalue weighted by Gasteiger charge is -2.26. The lowest BCUT2D eigenvalue weighted by molar-refractivity contribution is 0.197. The number of carbonyl (C=O) groups excluding carboxylic acids is 1. The Morgan fingerprint density at radius 1 is 1.04 bits per heavy atom. The average molecular weight is 311 g/mol. The largest absolute Gasteiger partial charge is 0.333 e. The standard InChI is InChI=1S/C18H18FN3O/c19-16-6-8-17(9-7-16)20-18(23)21-22-12-10-15(11-13-22)14-4-2-1-3-5-14/h1-10H,11-13H2,(H2,20,21,23). The van der Waals surface area contributed by atoms with Crippen LogP contribution in [0.15, 0.2) is 60.7 Å². The number of halogens is 1. The van der Waals surface area contributed by atoms with Gasteiger partial charge in [-0.25, -0.2) is 14.2 Å². The van der Waals surface area contributed by atoms with Crippen molar-refractivity contribution in [3.63, 3.8) is 0 Å². The molecule has 0 aliphatic carbocycles. The fraction of sp³-hybridized carbons (Fsp3) is 0.167. The highest BCUT2D eigenvalue weighted by molar-refractivity contribution is 5.88. The molecule has 118 valence electrons. The second kappa shape index (κ2) is 7.07. The number of rotatable bonds is 3. The van der Waals surface area contributed by atoms with E-state index in [0.29, 0.717) is 12.2 Å². The zero-order chi connectivity index (χ0) is 16.1. The summed E-state index contributed by atoms with van der Waals surface area (Å²) in [5.41, 5.74) is 5.87. The Morgan fingerprint density at radius 3 is 2.43 bits per heavy atom. The van der Waals surface area contributed by atoms with Crippen LogP contribution in [0, 0.1) is 5.82 Å². The number of benzene rings is 2. The van der Waals surface area contributed by atoms with Crippen molar-refractivity contribution in [3.05, 3.63) is 72.1 Å². The summed E-state index contributed by atoms with van der Waals surface area (Å²) in [6.45, 7) is 1.40. The predicted octanol–water partition coefficient (Wildman–Crippen LogP) is 3.65. The molecule has 4 nitrogen and oxygen atoms in total. The van der Waals surface area contributed by atoms with Crippen LogP contribution >= 0.6 is 0 Å². The third-order valence-electron chi connectivity index (χ3n) is 3.72. The predicted molar refractivity (Wildman–Crippen MR) is 89.2 cm³/mol. The van der Waals surface area contributed by atoms with Crippen LogP contribution in [0.2, 0.25) is 0 Å². The van der Waals surface area contributed by atoms with Crippen LogP contribution in [0.3, 0.4) is 0 Å². The first-order valence-electron chi connectivity index (χ1n) is 7.53. The monoisotopic (exact) mass is 311 g/mol. The fourth-order valence-corrected chi connectivity index (χ4v) is 2.52. The van der Waals surface area contributed by atoms with E-state index in [1.54, 1.807) is 0 Å². The number of anilines is 1. The minimum Gasteiger partial charge on any atom is -0.307 e. The van der Waals surface area contributed by atoms with Gasteiger partial charge in [-0.15, -0.1) is 0 Å². The Labute approximate surface area is 134 Å². The second-order valence-corrected chi connectivity index (χ2v) is 5.36. The lowest BCUT2D eigenvalue weighted by atomic mass is 10.0. The third kappa shape index (κ3) is 4.17. The number of nitrogens with zero attached hydrogens (tertiary/aromatic N) is 1. The Kier molecular flexibility index (Phi) is 4.68. The minimum absolute atomic E-state index is 0.326. The molecule has 0 saturated carbocycles. The van der Waals surface area contributed by atoms with E-state index in [9.17, 15) is 9.18 Å². The molecule has 0 aromatic heterocycles. The summed E-state index contributed by atoms with van der Waals surface area (Å²) >= 11 is 0. The van der Waals surface area contributed by atoms with Gasteiger partial charge >= 0.3 is 6.03 Å². The summed E-state index contributed by atoms with van der Waals surface area (Å²) in [7, 11) is 0. The molecule has 2 N–H and O–H groups in total. The summed E-state index contributed by atoms with van der Waals surface area (Å²) in [5.74, 6) is -0.328. The second-order valence-electron chi connectivity index (χ2n) is 5.36. The first kappa shape index (κ1) is 15.2. The molecule has 3 rings (SSSR count). The highest BCUT2D eigenvalue weighted by Gasteiger charge is 2.14. The van der Waals surface area contributed by atoms with E-state index in [1.165, 1.54) is 35.4 Å². The zero-order valence-electron chi connectivity index (χ0n) is 12.6. The van der Waals surface area contributed by atoms with E-state index in [2.05, 4.69) is 29.0 Å². The molecule has 2 aromatic carbocycles. The molecule has 23 heavy (non-hydrogen) atoms. The Balaban J connectivity index is 1.53. The van der Waals surface area contributed by atoms with Crippen molar-refractivity contribution in [3.8, 4) is 0 Å². The number of nitrogens with one attached hydrogen (secondary N) is 2. The third-order valence-corrected chi connectivity index (χ3v) is 3.72. The van der Waals surface area contributed by atoms with Crippen LogP contribution in [0.25, 0.3) is 5.57 Å². The first-order chi connectivity index (χ1) is 11.2. The highest BCUT2D eigenvalue weighted by atomic mass is 19.1. The number of hydrogen-bond donors (Lipinski definition) is 2. The molecular formula is C18H18FN3O. The Hall–Kier alpha value is -2.66. The van der Waals surface area contributed by atoms with Crippen LogP contribution in [-0.2, 0) is 0 Å². The van der Waals surface area contributed by atoms with Crippen LogP contribution in [0.1, 0.15) is 12.0 Å². The summed E-state index contributed by atoms with van der Waals surface area (Å²) in [6.07, 6.45) is 3.00. The van der Waals surface area contributed by atoms with E-state index >= 15 is 0 Å². The van der Waals surface area contributed by atoms with E-state index < -0.39 is 0 Å². The molecule has 0 radical (unpaired) electrons. The normalized spacial score (nSPS) is 14.9. The molecule has 2 aromatic rings. The molecule has 5 heteroatoms. The molecular weight excluding hydrogens is 293 g/mol. The van der Waals surface area contributed by atoms with Gasteiger partial charge < -0.3 is 5.32 Å². The quantitative estimate of drug-likeness (QED) is 0.909. The molecule has 0 atom stereocenters. The van der Waals surface area contributed by atoms with Crippen molar-refractivity contribution in [1.82, 2.24) is 10.4 Å². The Bertz CT molecular complexity index is 698. The molecule has 1 heterocycles. The maximum absolute atomic E-state index is 12.8. The van der Waals surface area contributed by atoms with Gasteiger partial charge in [-0.05, 0) is 41.8 Å². The van der Waals surface area contributed by atoms with Gasteiger partial charge in [-0.3, -0.25) is 5.43 Å². The summed E-state index contributed by atoms with van der Waals surface area (Å²) in [5, 5.41) is 4.53. The first-order valence-corrected chi connectivity index (χ1v) is 7.53. The molecule has 0 unspecified atom stereocenters. The van der Waals surface area contributed by atoms with Crippen LogP contribution in [0.4, 0.5) is 14.9 Å². The van der Waals surface area contributed by atoms with Crippen molar-refractivity contribution >= 4 is 17.3 Å². The van der Waals surface area contributed by atoms with E-state index in [0.717, 1.165) is 13.0 Å². The summed E-state index contributed by atoms with van der Waals surface area (Å²) in [4.78, 5) is 11.9. The SMILES string of the molecule is O=C(Nc1ccc(F)cc1)NN1CC=C(c2ccccc2)CC1. The summed E-state index contributed by atoms with van der Waals surface area (Å²) < 4.78 is 12.8. The maximum Gasteiger partial charge on any atom is 0.333 e. The van der Waals surface area contributed by atoms with Crippen LogP contribution in [-0.4, -0.2) is 24.1 Å². The van der Waals surface area contributed by atoms with Gasteiger partial charge in [0.1, 0.15) is 5.82 Å². The highest BCUT2D eigenvalue weighted by Crippen LogP contribution is 2.21. The van der Waals surface area contributed by atoms with E-state index in [-0.39, 0.29) is 11.8 Å². The van der Waals surface area contributed by atoms with Crippen molar-refractivity contribution in [1.29, 1.82) is 0 Å². The van der Waals surface area contributed by atoms with Gasteiger partial charge in [0, 0.05) is 18.8 Å². The molecule has 0 saturated heterocycles. The van der Waals surface area contributed by atoms with Gasteiger partial charge in [0.15, 0.2) is 0 Å². The van der Waals surface area contributed by atoms with Crippen molar-refractivity contribution in [2.75, 3.05) is 18.4 Å². The zero-order valence-corrected chi connectivity index (χ0v) is 12.6. The van der Waals surface area contributed by atoms with Crippen molar-refractivity contribution in [2.24, 2.45) is 0 Å². The van der Waals surface area contributed by atoms with E-state index in [4.69, 9.17) is 0 Å². The van der Waals surface area contributed by atoms with Crippen LogP contribution in [0.5, 0.6) is 0 Å². The maximum atomic E-state index is 12.8. The Morgan fingerprint density at radius 2 is 1.78 bits per heavy atom.